The first kappa shape index (κ1) is 71.8. The number of allylic oxidation sites excluding steroid dienone is 12. The zero-order valence-electron chi connectivity index (χ0n) is 49.8. The largest absolute Gasteiger partial charge is 0.462 e. The van der Waals surface area contributed by atoms with Crippen molar-refractivity contribution < 1.29 is 28.6 Å². The van der Waals surface area contributed by atoms with E-state index in [4.69, 9.17) is 14.2 Å². The molecule has 0 fully saturated rings. The lowest BCUT2D eigenvalue weighted by Gasteiger charge is -2.18. The maximum atomic E-state index is 12.8. The van der Waals surface area contributed by atoms with E-state index in [1.807, 2.05) is 0 Å². The topological polar surface area (TPSA) is 78.9 Å². The van der Waals surface area contributed by atoms with Crippen molar-refractivity contribution in [3.63, 3.8) is 0 Å². The van der Waals surface area contributed by atoms with Crippen molar-refractivity contribution >= 4 is 17.9 Å². The first-order valence-corrected chi connectivity index (χ1v) is 32.4. The SMILES string of the molecule is CC/C=C\C/C=C\C/C=C\C/C=C\CCCCCCCCCCCCCCCCCCCCCCCCC(=O)OCC(COC(=O)CCCCCCC)OC(=O)CCCCCCCCC/C=C\C/C=C\CCCCC. The average Bonchev–Trinajstić information content (AvgIpc) is 3.41. The van der Waals surface area contributed by atoms with E-state index >= 15 is 0 Å². The lowest BCUT2D eigenvalue weighted by molar-refractivity contribution is -0.167. The van der Waals surface area contributed by atoms with E-state index in [-0.39, 0.29) is 31.1 Å². The molecule has 0 N–H and O–H groups in total. The van der Waals surface area contributed by atoms with Gasteiger partial charge < -0.3 is 14.2 Å². The fourth-order valence-electron chi connectivity index (χ4n) is 9.35. The summed E-state index contributed by atoms with van der Waals surface area (Å²) in [7, 11) is 0. The predicted molar refractivity (Wildman–Crippen MR) is 325 cm³/mol. The first-order valence-electron chi connectivity index (χ1n) is 32.4. The second-order valence-corrected chi connectivity index (χ2v) is 21.6. The molecule has 0 radical (unpaired) electrons. The van der Waals surface area contributed by atoms with Crippen molar-refractivity contribution in [1.29, 1.82) is 0 Å². The number of rotatable bonds is 59. The van der Waals surface area contributed by atoms with Gasteiger partial charge in [-0.05, 0) is 89.9 Å². The molecular formula is C69H122O6. The third kappa shape index (κ3) is 61.6. The summed E-state index contributed by atoms with van der Waals surface area (Å²) < 4.78 is 16.8. The molecule has 0 aromatic rings. The Morgan fingerprint density at radius 3 is 0.840 bits per heavy atom. The van der Waals surface area contributed by atoms with Gasteiger partial charge in [-0.2, -0.15) is 0 Å². The van der Waals surface area contributed by atoms with Crippen LogP contribution in [0.4, 0.5) is 0 Å². The molecule has 0 aliphatic carbocycles. The van der Waals surface area contributed by atoms with Gasteiger partial charge in [-0.3, -0.25) is 14.4 Å². The molecule has 0 aromatic carbocycles. The van der Waals surface area contributed by atoms with Crippen LogP contribution in [-0.2, 0) is 28.6 Å². The summed E-state index contributed by atoms with van der Waals surface area (Å²) in [4.78, 5) is 37.9. The van der Waals surface area contributed by atoms with Crippen molar-refractivity contribution in [2.75, 3.05) is 13.2 Å². The quantitative estimate of drug-likeness (QED) is 0.0261. The van der Waals surface area contributed by atoms with Gasteiger partial charge in [-0.1, -0.05) is 293 Å². The van der Waals surface area contributed by atoms with Gasteiger partial charge in [0.2, 0.25) is 0 Å². The zero-order chi connectivity index (χ0) is 54.3. The van der Waals surface area contributed by atoms with E-state index in [1.54, 1.807) is 0 Å². The number of carbonyl (C=O) groups is 3. The molecule has 6 heteroatoms. The van der Waals surface area contributed by atoms with Crippen LogP contribution in [0.3, 0.4) is 0 Å². The summed E-state index contributed by atoms with van der Waals surface area (Å²) in [5.74, 6) is -0.882. The van der Waals surface area contributed by atoms with Gasteiger partial charge in [0.1, 0.15) is 13.2 Å². The molecule has 0 bridgehead atoms. The maximum Gasteiger partial charge on any atom is 0.306 e. The van der Waals surface area contributed by atoms with Gasteiger partial charge in [0.05, 0.1) is 0 Å². The summed E-state index contributed by atoms with van der Waals surface area (Å²) in [5.41, 5.74) is 0. The number of esters is 3. The Hall–Kier alpha value is -3.15. The molecule has 0 saturated heterocycles. The Balaban J connectivity index is 3.89. The minimum absolute atomic E-state index is 0.0743. The molecule has 1 unspecified atom stereocenters. The minimum Gasteiger partial charge on any atom is -0.462 e. The molecule has 0 aromatic heterocycles. The van der Waals surface area contributed by atoms with Crippen LogP contribution in [0.5, 0.6) is 0 Å². The number of unbranched alkanes of at least 4 members (excludes halogenated alkanes) is 36. The maximum absolute atomic E-state index is 12.8. The molecule has 434 valence electrons. The second kappa shape index (κ2) is 63.4. The van der Waals surface area contributed by atoms with Crippen LogP contribution in [0, 0.1) is 0 Å². The fourth-order valence-corrected chi connectivity index (χ4v) is 9.35. The lowest BCUT2D eigenvalue weighted by atomic mass is 10.0. The Labute approximate surface area is 465 Å². The highest BCUT2D eigenvalue weighted by atomic mass is 16.6. The van der Waals surface area contributed by atoms with Gasteiger partial charge in [-0.15, -0.1) is 0 Å². The number of carbonyl (C=O) groups excluding carboxylic acids is 3. The summed E-state index contributed by atoms with van der Waals surface area (Å²) in [5, 5.41) is 0. The highest BCUT2D eigenvalue weighted by Gasteiger charge is 2.19. The molecule has 0 amide bonds. The molecule has 0 saturated carbocycles. The van der Waals surface area contributed by atoms with Crippen LogP contribution in [0.1, 0.15) is 329 Å². The highest BCUT2D eigenvalue weighted by Crippen LogP contribution is 2.17. The Bertz CT molecular complexity index is 1390. The third-order valence-corrected chi connectivity index (χ3v) is 14.2. The molecule has 6 nitrogen and oxygen atoms in total. The monoisotopic (exact) mass is 1050 g/mol. The van der Waals surface area contributed by atoms with Crippen molar-refractivity contribution in [3.8, 4) is 0 Å². The van der Waals surface area contributed by atoms with Gasteiger partial charge in [0.15, 0.2) is 6.10 Å². The number of hydrogen-bond acceptors (Lipinski definition) is 6. The van der Waals surface area contributed by atoms with Crippen molar-refractivity contribution in [1.82, 2.24) is 0 Å². The molecule has 1 atom stereocenters. The fraction of sp³-hybridized carbons (Fsp3) is 0.783. The highest BCUT2D eigenvalue weighted by molar-refractivity contribution is 5.71. The lowest BCUT2D eigenvalue weighted by Crippen LogP contribution is -2.30. The van der Waals surface area contributed by atoms with Gasteiger partial charge in [0.25, 0.3) is 0 Å². The Morgan fingerprint density at radius 2 is 0.520 bits per heavy atom. The van der Waals surface area contributed by atoms with E-state index in [0.717, 1.165) is 103 Å². The summed E-state index contributed by atoms with van der Waals surface area (Å²) in [6.07, 6.45) is 82.7. The minimum atomic E-state index is -0.773. The standard InChI is InChI=1S/C69H122O6/c1-4-7-10-13-15-17-19-21-23-25-26-27-28-29-30-31-32-33-34-35-36-37-38-39-40-41-42-44-45-47-49-51-53-56-59-62-68(71)74-65-66(64-73-67(70)61-58-55-12-9-6-3)75-69(72)63-60-57-54-52-50-48-46-43-24-22-20-18-16-14-11-8-5-2/h7,10,15-18,21-24,26-27,66H,4-6,8-9,11-14,19-20,25,28-65H2,1-3H3/b10-7-,17-15-,18-16-,23-21-,24-22-,27-26-. The van der Waals surface area contributed by atoms with E-state index in [1.165, 1.54) is 186 Å². The molecule has 75 heavy (non-hydrogen) atoms. The van der Waals surface area contributed by atoms with Crippen LogP contribution in [0.25, 0.3) is 0 Å². The second-order valence-electron chi connectivity index (χ2n) is 21.6. The summed E-state index contributed by atoms with van der Waals surface area (Å²) in [6.45, 7) is 6.44. The van der Waals surface area contributed by atoms with Gasteiger partial charge in [-0.25, -0.2) is 0 Å². The number of ether oxygens (including phenoxy) is 3. The molecule has 0 rings (SSSR count). The van der Waals surface area contributed by atoms with Crippen LogP contribution in [-0.4, -0.2) is 37.2 Å². The summed E-state index contributed by atoms with van der Waals surface area (Å²) >= 11 is 0. The van der Waals surface area contributed by atoms with Crippen molar-refractivity contribution in [3.05, 3.63) is 72.9 Å². The van der Waals surface area contributed by atoms with Crippen LogP contribution in [0.2, 0.25) is 0 Å². The van der Waals surface area contributed by atoms with Crippen LogP contribution in [0.15, 0.2) is 72.9 Å². The Kier molecular flexibility index (Phi) is 60.7. The molecule has 0 heterocycles. The summed E-state index contributed by atoms with van der Waals surface area (Å²) in [6, 6.07) is 0. The van der Waals surface area contributed by atoms with E-state index < -0.39 is 6.10 Å². The van der Waals surface area contributed by atoms with Crippen LogP contribution >= 0.6 is 0 Å². The van der Waals surface area contributed by atoms with E-state index in [9.17, 15) is 14.4 Å². The number of hydrogen-bond donors (Lipinski definition) is 0. The average molecular weight is 1050 g/mol. The molecule has 0 aliphatic heterocycles. The molecule has 0 spiro atoms. The Morgan fingerprint density at radius 1 is 0.280 bits per heavy atom. The third-order valence-electron chi connectivity index (χ3n) is 14.2. The smallest absolute Gasteiger partial charge is 0.306 e. The van der Waals surface area contributed by atoms with Crippen LogP contribution < -0.4 is 0 Å². The van der Waals surface area contributed by atoms with Crippen molar-refractivity contribution in [2.24, 2.45) is 0 Å². The van der Waals surface area contributed by atoms with E-state index in [0.29, 0.717) is 19.3 Å². The zero-order valence-corrected chi connectivity index (χ0v) is 49.8. The van der Waals surface area contributed by atoms with E-state index in [2.05, 4.69) is 93.7 Å². The predicted octanol–water partition coefficient (Wildman–Crippen LogP) is 22.1. The van der Waals surface area contributed by atoms with Gasteiger partial charge in [0, 0.05) is 19.3 Å². The van der Waals surface area contributed by atoms with Crippen molar-refractivity contribution in [2.45, 2.75) is 335 Å². The van der Waals surface area contributed by atoms with Gasteiger partial charge >= 0.3 is 17.9 Å². The first-order chi connectivity index (χ1) is 37.0. The normalized spacial score (nSPS) is 12.5. The molecular weight excluding hydrogens is 925 g/mol. The molecule has 0 aliphatic rings.